The molecule has 0 spiro atoms. The van der Waals surface area contributed by atoms with E-state index in [1.165, 1.54) is 0 Å². The van der Waals surface area contributed by atoms with Crippen molar-refractivity contribution in [1.82, 2.24) is 0 Å². The molecule has 0 aromatic rings. The van der Waals surface area contributed by atoms with E-state index in [0.717, 1.165) is 37.7 Å². The molecule has 0 aromatic heterocycles. The van der Waals surface area contributed by atoms with E-state index < -0.39 is 35.1 Å². The van der Waals surface area contributed by atoms with Crippen LogP contribution in [0.5, 0.6) is 0 Å². The van der Waals surface area contributed by atoms with Crippen LogP contribution in [-0.2, 0) is 4.79 Å². The third-order valence-electron chi connectivity index (χ3n) is 13.3. The van der Waals surface area contributed by atoms with Crippen LogP contribution in [0, 0.1) is 50.7 Å². The van der Waals surface area contributed by atoms with Gasteiger partial charge in [0.15, 0.2) is 0 Å². The summed E-state index contributed by atoms with van der Waals surface area (Å²) in [4.78, 5) is 12.8. The molecule has 4 saturated carbocycles. The summed E-state index contributed by atoms with van der Waals surface area (Å²) in [6.45, 7) is 15.2. The SMILES string of the molecule is C[C@@H]1CC[C@]2(C(=O)O)CC[C@]3(C)C(=CC[C@@H]4[C@@]5(C)CC[C@H](O)C(C)(C)[C@@H]5[C@H](O)C[C@]43C)[C@@H]2[C@]1(C)O. The van der Waals surface area contributed by atoms with Gasteiger partial charge >= 0.3 is 5.97 Å². The van der Waals surface area contributed by atoms with Gasteiger partial charge in [-0.2, -0.15) is 0 Å². The van der Waals surface area contributed by atoms with Crippen molar-refractivity contribution in [1.29, 1.82) is 0 Å². The lowest BCUT2D eigenvalue weighted by Gasteiger charge is -2.72. The largest absolute Gasteiger partial charge is 0.481 e. The second-order valence-electron chi connectivity index (χ2n) is 14.9. The molecule has 198 valence electrons. The Morgan fingerprint density at radius 1 is 0.971 bits per heavy atom. The Hall–Kier alpha value is -0.910. The van der Waals surface area contributed by atoms with Gasteiger partial charge in [-0.15, -0.1) is 0 Å². The molecular formula is C30H48O5. The quantitative estimate of drug-likeness (QED) is 0.382. The molecule has 5 nitrogen and oxygen atoms in total. The van der Waals surface area contributed by atoms with E-state index >= 15 is 0 Å². The van der Waals surface area contributed by atoms with Crippen molar-refractivity contribution >= 4 is 5.97 Å². The fraction of sp³-hybridized carbons (Fsp3) is 0.900. The predicted octanol–water partition coefficient (Wildman–Crippen LogP) is 5.18. The fourth-order valence-corrected chi connectivity index (χ4v) is 11.0. The van der Waals surface area contributed by atoms with Crippen LogP contribution in [0.25, 0.3) is 0 Å². The van der Waals surface area contributed by atoms with E-state index in [2.05, 4.69) is 47.6 Å². The lowest BCUT2D eigenvalue weighted by atomic mass is 9.32. The molecule has 0 heterocycles. The Balaban J connectivity index is 1.67. The minimum atomic E-state index is -1.08. The maximum atomic E-state index is 12.8. The van der Waals surface area contributed by atoms with Crippen molar-refractivity contribution in [2.45, 2.75) is 118 Å². The molecule has 5 heteroatoms. The van der Waals surface area contributed by atoms with Crippen LogP contribution in [0.2, 0.25) is 0 Å². The van der Waals surface area contributed by atoms with Crippen molar-refractivity contribution in [3.63, 3.8) is 0 Å². The van der Waals surface area contributed by atoms with Crippen LogP contribution in [0.4, 0.5) is 0 Å². The van der Waals surface area contributed by atoms with Crippen molar-refractivity contribution in [3.05, 3.63) is 11.6 Å². The third kappa shape index (κ3) is 2.90. The number of carboxylic acids is 1. The molecular weight excluding hydrogens is 440 g/mol. The first-order valence-corrected chi connectivity index (χ1v) is 14.0. The first-order valence-electron chi connectivity index (χ1n) is 14.0. The maximum Gasteiger partial charge on any atom is 0.310 e. The topological polar surface area (TPSA) is 98.0 Å². The van der Waals surface area contributed by atoms with Gasteiger partial charge in [-0.05, 0) is 97.7 Å². The molecule has 5 aliphatic carbocycles. The molecule has 0 unspecified atom stereocenters. The Kier molecular flexibility index (Phi) is 5.40. The summed E-state index contributed by atoms with van der Waals surface area (Å²) in [6, 6.07) is 0. The molecule has 0 bridgehead atoms. The number of aliphatic hydroxyl groups is 3. The van der Waals surface area contributed by atoms with E-state index in [-0.39, 0.29) is 33.5 Å². The molecule has 35 heavy (non-hydrogen) atoms. The normalized spacial score (nSPS) is 57.1. The van der Waals surface area contributed by atoms with Gasteiger partial charge in [0.2, 0.25) is 0 Å². The number of hydrogen-bond donors (Lipinski definition) is 4. The number of allylic oxidation sites excluding steroid dienone is 1. The summed E-state index contributed by atoms with van der Waals surface area (Å²) >= 11 is 0. The zero-order chi connectivity index (χ0) is 26.0. The first-order chi connectivity index (χ1) is 16.0. The molecule has 4 N–H and O–H groups in total. The van der Waals surface area contributed by atoms with Crippen molar-refractivity contribution in [2.24, 2.45) is 50.7 Å². The van der Waals surface area contributed by atoms with Crippen LogP contribution in [0.15, 0.2) is 11.6 Å². The zero-order valence-electron chi connectivity index (χ0n) is 22.9. The number of carboxylic acid groups (broad SMARTS) is 1. The van der Waals surface area contributed by atoms with Crippen LogP contribution >= 0.6 is 0 Å². The monoisotopic (exact) mass is 488 g/mol. The zero-order valence-corrected chi connectivity index (χ0v) is 22.9. The van der Waals surface area contributed by atoms with E-state index in [9.17, 15) is 25.2 Å². The van der Waals surface area contributed by atoms with Gasteiger partial charge < -0.3 is 20.4 Å². The molecule has 0 radical (unpaired) electrons. The molecule has 5 rings (SSSR count). The van der Waals surface area contributed by atoms with Gasteiger partial charge in [0.1, 0.15) is 0 Å². The van der Waals surface area contributed by atoms with Gasteiger partial charge in [-0.1, -0.05) is 53.2 Å². The first kappa shape index (κ1) is 25.7. The van der Waals surface area contributed by atoms with Crippen molar-refractivity contribution in [2.75, 3.05) is 0 Å². The number of fused-ring (bicyclic) bond motifs is 7. The number of carbonyl (C=O) groups is 1. The van der Waals surface area contributed by atoms with Crippen LogP contribution < -0.4 is 0 Å². The second-order valence-corrected chi connectivity index (χ2v) is 14.9. The Morgan fingerprint density at radius 3 is 2.26 bits per heavy atom. The highest BCUT2D eigenvalue weighted by Gasteiger charge is 2.72. The molecule has 5 aliphatic rings. The fourth-order valence-electron chi connectivity index (χ4n) is 11.0. The summed E-state index contributed by atoms with van der Waals surface area (Å²) in [5, 5.41) is 45.1. The Labute approximate surface area is 211 Å². The van der Waals surface area contributed by atoms with E-state index in [4.69, 9.17) is 0 Å². The lowest BCUT2D eigenvalue weighted by molar-refractivity contribution is -0.247. The Morgan fingerprint density at radius 2 is 1.63 bits per heavy atom. The Bertz CT molecular complexity index is 952. The number of aliphatic carboxylic acids is 1. The summed E-state index contributed by atoms with van der Waals surface area (Å²) < 4.78 is 0. The highest BCUT2D eigenvalue weighted by Crippen LogP contribution is 2.76. The van der Waals surface area contributed by atoms with Crippen molar-refractivity contribution < 1.29 is 25.2 Å². The highest BCUT2D eigenvalue weighted by atomic mass is 16.4. The number of rotatable bonds is 1. The van der Waals surface area contributed by atoms with Gasteiger partial charge in [-0.25, -0.2) is 0 Å². The lowest BCUT2D eigenvalue weighted by Crippen LogP contribution is -2.70. The molecule has 0 aliphatic heterocycles. The molecule has 11 atom stereocenters. The number of aliphatic hydroxyl groups excluding tert-OH is 2. The molecule has 4 fully saturated rings. The predicted molar refractivity (Wildman–Crippen MR) is 135 cm³/mol. The van der Waals surface area contributed by atoms with Gasteiger partial charge in [0.05, 0.1) is 23.2 Å². The van der Waals surface area contributed by atoms with Crippen LogP contribution in [0.1, 0.15) is 99.8 Å². The minimum Gasteiger partial charge on any atom is -0.481 e. The van der Waals surface area contributed by atoms with E-state index in [0.29, 0.717) is 25.2 Å². The average molecular weight is 489 g/mol. The van der Waals surface area contributed by atoms with Gasteiger partial charge in [-0.3, -0.25) is 4.79 Å². The average Bonchev–Trinajstić information content (AvgIpc) is 2.74. The minimum absolute atomic E-state index is 0.0230. The molecule has 0 amide bonds. The summed E-state index contributed by atoms with van der Waals surface area (Å²) in [7, 11) is 0. The smallest absolute Gasteiger partial charge is 0.310 e. The second kappa shape index (κ2) is 7.35. The van der Waals surface area contributed by atoms with Crippen LogP contribution in [-0.4, -0.2) is 44.2 Å². The summed E-state index contributed by atoms with van der Waals surface area (Å²) in [5.74, 6) is -0.765. The van der Waals surface area contributed by atoms with E-state index in [1.54, 1.807) is 0 Å². The van der Waals surface area contributed by atoms with Gasteiger partial charge in [0.25, 0.3) is 0 Å². The van der Waals surface area contributed by atoms with E-state index in [1.807, 2.05) is 6.92 Å². The maximum absolute atomic E-state index is 12.8. The molecule has 0 aromatic carbocycles. The van der Waals surface area contributed by atoms with Gasteiger partial charge in [0, 0.05) is 5.92 Å². The highest BCUT2D eigenvalue weighted by molar-refractivity contribution is 5.77. The molecule has 0 saturated heterocycles. The third-order valence-corrected chi connectivity index (χ3v) is 13.3. The van der Waals surface area contributed by atoms with Crippen molar-refractivity contribution in [3.8, 4) is 0 Å². The van der Waals surface area contributed by atoms with Crippen LogP contribution in [0.3, 0.4) is 0 Å². The summed E-state index contributed by atoms with van der Waals surface area (Å²) in [6.07, 6.45) is 7.27. The summed E-state index contributed by atoms with van der Waals surface area (Å²) in [5.41, 5.74) is -1.80. The standard InChI is InChI=1S/C30H48O5/c1-17-10-13-30(24(33)34)15-14-27(5)18(22(30)29(17,7)35)8-9-20-26(4)12-11-21(32)25(2,3)23(26)19(31)16-28(20,27)6/h8,17,19-23,31-32,35H,9-16H2,1-7H3,(H,33,34)/t17-,19-,20-,21+,22-,23+,26-,27-,28-,29-,30+/m1/s1. The number of hydrogen-bond acceptors (Lipinski definition) is 4.